The van der Waals surface area contributed by atoms with Crippen LogP contribution in [0, 0.1) is 0 Å². The van der Waals surface area contributed by atoms with Crippen molar-refractivity contribution in [3.05, 3.63) is 17.8 Å². The van der Waals surface area contributed by atoms with Gasteiger partial charge in [-0.2, -0.15) is 0 Å². The standard InChI is InChI=1S/C13H20N2O2/c1-2-11-10(5-6-16-11)12-7-15-13(17-12)8-14-9-3-4-9/h7,9-11,14H,2-6,8H2,1H3. The van der Waals surface area contributed by atoms with Gasteiger partial charge in [0.15, 0.2) is 0 Å². The van der Waals surface area contributed by atoms with Gasteiger partial charge >= 0.3 is 0 Å². The van der Waals surface area contributed by atoms with Crippen LogP contribution in [-0.2, 0) is 11.3 Å². The van der Waals surface area contributed by atoms with Gasteiger partial charge in [-0.1, -0.05) is 6.92 Å². The third kappa shape index (κ3) is 2.53. The molecule has 2 unspecified atom stereocenters. The third-order valence-electron chi connectivity index (χ3n) is 3.67. The van der Waals surface area contributed by atoms with E-state index in [9.17, 15) is 0 Å². The lowest BCUT2D eigenvalue weighted by atomic mass is 9.97. The molecule has 1 saturated carbocycles. The molecule has 2 heterocycles. The summed E-state index contributed by atoms with van der Waals surface area (Å²) < 4.78 is 11.5. The number of nitrogens with zero attached hydrogens (tertiary/aromatic N) is 1. The number of aromatic nitrogens is 1. The average Bonchev–Trinajstić information content (AvgIpc) is 2.89. The van der Waals surface area contributed by atoms with Crippen LogP contribution >= 0.6 is 0 Å². The molecule has 2 aliphatic rings. The van der Waals surface area contributed by atoms with E-state index in [-0.39, 0.29) is 0 Å². The fourth-order valence-corrected chi connectivity index (χ4v) is 2.47. The summed E-state index contributed by atoms with van der Waals surface area (Å²) in [7, 11) is 0. The van der Waals surface area contributed by atoms with Crippen molar-refractivity contribution in [1.29, 1.82) is 0 Å². The van der Waals surface area contributed by atoms with Gasteiger partial charge in [0.05, 0.1) is 18.8 Å². The van der Waals surface area contributed by atoms with Crippen LogP contribution in [-0.4, -0.2) is 23.7 Å². The van der Waals surface area contributed by atoms with Crippen molar-refractivity contribution in [2.75, 3.05) is 6.61 Å². The maximum Gasteiger partial charge on any atom is 0.208 e. The number of ether oxygens (including phenoxy) is 1. The molecule has 1 aliphatic heterocycles. The lowest BCUT2D eigenvalue weighted by Gasteiger charge is -2.13. The van der Waals surface area contributed by atoms with E-state index in [1.807, 2.05) is 6.20 Å². The van der Waals surface area contributed by atoms with Crippen molar-refractivity contribution in [3.8, 4) is 0 Å². The summed E-state index contributed by atoms with van der Waals surface area (Å²) in [5.41, 5.74) is 0. The van der Waals surface area contributed by atoms with Gasteiger partial charge in [-0.05, 0) is 25.7 Å². The lowest BCUT2D eigenvalue weighted by Crippen LogP contribution is -2.15. The monoisotopic (exact) mass is 236 g/mol. The molecule has 1 N–H and O–H groups in total. The maximum atomic E-state index is 5.82. The number of rotatable bonds is 5. The second-order valence-corrected chi connectivity index (χ2v) is 5.02. The molecule has 1 saturated heterocycles. The summed E-state index contributed by atoms with van der Waals surface area (Å²) >= 11 is 0. The van der Waals surface area contributed by atoms with Crippen LogP contribution in [0.1, 0.15) is 50.2 Å². The van der Waals surface area contributed by atoms with Gasteiger partial charge < -0.3 is 14.5 Å². The fraction of sp³-hybridized carbons (Fsp3) is 0.769. The second kappa shape index (κ2) is 4.78. The SMILES string of the molecule is CCC1OCCC1c1cnc(CNC2CC2)o1. The topological polar surface area (TPSA) is 47.3 Å². The highest BCUT2D eigenvalue weighted by atomic mass is 16.5. The summed E-state index contributed by atoms with van der Waals surface area (Å²) in [6, 6.07) is 0.698. The molecule has 2 atom stereocenters. The summed E-state index contributed by atoms with van der Waals surface area (Å²) in [4.78, 5) is 4.34. The van der Waals surface area contributed by atoms with Gasteiger partial charge in [0.2, 0.25) is 5.89 Å². The number of oxazole rings is 1. The Bertz CT molecular complexity index is 373. The van der Waals surface area contributed by atoms with Gasteiger partial charge in [0, 0.05) is 18.6 Å². The smallest absolute Gasteiger partial charge is 0.208 e. The Balaban J connectivity index is 1.62. The molecule has 0 radical (unpaired) electrons. The maximum absolute atomic E-state index is 5.82. The Kier molecular flexibility index (Phi) is 3.16. The van der Waals surface area contributed by atoms with Crippen molar-refractivity contribution < 1.29 is 9.15 Å². The van der Waals surface area contributed by atoms with Crippen LogP contribution < -0.4 is 5.32 Å². The van der Waals surface area contributed by atoms with Crippen molar-refractivity contribution in [1.82, 2.24) is 10.3 Å². The van der Waals surface area contributed by atoms with Crippen LogP contribution in [0.3, 0.4) is 0 Å². The minimum absolute atomic E-state index is 0.312. The molecule has 3 rings (SSSR count). The van der Waals surface area contributed by atoms with E-state index < -0.39 is 0 Å². The molecular weight excluding hydrogens is 216 g/mol. The zero-order valence-electron chi connectivity index (χ0n) is 10.3. The van der Waals surface area contributed by atoms with Crippen molar-refractivity contribution in [2.24, 2.45) is 0 Å². The Hall–Kier alpha value is -0.870. The van der Waals surface area contributed by atoms with Crippen LogP contribution in [0.5, 0.6) is 0 Å². The van der Waals surface area contributed by atoms with E-state index in [0.29, 0.717) is 18.1 Å². The molecule has 0 spiro atoms. The van der Waals surface area contributed by atoms with Gasteiger partial charge in [0.25, 0.3) is 0 Å². The summed E-state index contributed by atoms with van der Waals surface area (Å²) in [5.74, 6) is 2.22. The van der Waals surface area contributed by atoms with Gasteiger partial charge in [-0.3, -0.25) is 0 Å². The molecule has 1 aromatic rings. The zero-order valence-corrected chi connectivity index (χ0v) is 10.3. The Morgan fingerprint density at radius 1 is 1.41 bits per heavy atom. The first-order valence-corrected chi connectivity index (χ1v) is 6.66. The predicted molar refractivity (Wildman–Crippen MR) is 63.8 cm³/mol. The van der Waals surface area contributed by atoms with E-state index >= 15 is 0 Å². The molecule has 94 valence electrons. The van der Waals surface area contributed by atoms with E-state index in [1.165, 1.54) is 12.8 Å². The molecule has 1 aromatic heterocycles. The normalized spacial score (nSPS) is 28.8. The molecule has 0 aromatic carbocycles. The van der Waals surface area contributed by atoms with Gasteiger partial charge in [-0.15, -0.1) is 0 Å². The van der Waals surface area contributed by atoms with Crippen LogP contribution in [0.25, 0.3) is 0 Å². The quantitative estimate of drug-likeness (QED) is 0.851. The first-order chi connectivity index (χ1) is 8.36. The third-order valence-corrected chi connectivity index (χ3v) is 3.67. The molecule has 4 heteroatoms. The summed E-state index contributed by atoms with van der Waals surface area (Å²) in [6.45, 7) is 3.77. The Morgan fingerprint density at radius 3 is 3.06 bits per heavy atom. The largest absolute Gasteiger partial charge is 0.444 e. The molecule has 17 heavy (non-hydrogen) atoms. The van der Waals surface area contributed by atoms with E-state index in [4.69, 9.17) is 9.15 Å². The second-order valence-electron chi connectivity index (χ2n) is 5.02. The van der Waals surface area contributed by atoms with Crippen molar-refractivity contribution in [3.63, 3.8) is 0 Å². The van der Waals surface area contributed by atoms with Crippen LogP contribution in [0.15, 0.2) is 10.6 Å². The first kappa shape index (κ1) is 11.2. The van der Waals surface area contributed by atoms with E-state index in [0.717, 1.165) is 37.6 Å². The number of hydrogen-bond donors (Lipinski definition) is 1. The molecule has 0 amide bonds. The fourth-order valence-electron chi connectivity index (χ4n) is 2.47. The van der Waals surface area contributed by atoms with E-state index in [1.54, 1.807) is 0 Å². The average molecular weight is 236 g/mol. The molecule has 0 bridgehead atoms. The lowest BCUT2D eigenvalue weighted by molar-refractivity contribution is 0.0971. The molecule has 2 fully saturated rings. The zero-order chi connectivity index (χ0) is 11.7. The summed E-state index contributed by atoms with van der Waals surface area (Å²) in [5, 5.41) is 3.41. The Morgan fingerprint density at radius 2 is 2.29 bits per heavy atom. The van der Waals surface area contributed by atoms with E-state index in [2.05, 4.69) is 17.2 Å². The predicted octanol–water partition coefficient (Wildman–Crippen LogP) is 2.21. The van der Waals surface area contributed by atoms with Gasteiger partial charge in [-0.25, -0.2) is 4.98 Å². The highest BCUT2D eigenvalue weighted by Gasteiger charge is 2.31. The van der Waals surface area contributed by atoms with Crippen molar-refractivity contribution in [2.45, 2.75) is 57.2 Å². The van der Waals surface area contributed by atoms with Crippen LogP contribution in [0.4, 0.5) is 0 Å². The van der Waals surface area contributed by atoms with Crippen LogP contribution in [0.2, 0.25) is 0 Å². The minimum atomic E-state index is 0.312. The Labute approximate surface area is 102 Å². The van der Waals surface area contributed by atoms with Gasteiger partial charge in [0.1, 0.15) is 5.76 Å². The highest BCUT2D eigenvalue weighted by molar-refractivity contribution is 5.06. The highest BCUT2D eigenvalue weighted by Crippen LogP contribution is 2.33. The molecule has 1 aliphatic carbocycles. The molecule has 4 nitrogen and oxygen atoms in total. The minimum Gasteiger partial charge on any atom is -0.444 e. The number of nitrogens with one attached hydrogen (secondary N) is 1. The molecular formula is C13H20N2O2. The summed E-state index contributed by atoms with van der Waals surface area (Å²) in [6.07, 6.45) is 6.88. The number of hydrogen-bond acceptors (Lipinski definition) is 4. The first-order valence-electron chi connectivity index (χ1n) is 6.66. The van der Waals surface area contributed by atoms with Crippen molar-refractivity contribution >= 4 is 0 Å².